The number of hydrogen-bond donors (Lipinski definition) is 1. The van der Waals surface area contributed by atoms with Gasteiger partial charge in [-0.25, -0.2) is 9.18 Å². The molecule has 1 atom stereocenters. The van der Waals surface area contributed by atoms with Crippen LogP contribution in [0.5, 0.6) is 5.75 Å². The standard InChI is InChI=1S/C14H15FO3.F2/c1-8(2)9-3-4-10-5-11(14(16)17)13(7-15)18-12(10)6-9;1-2/h3-6,8,13H,7H2,1-2H3,(H,16,17);. The molecule has 1 aromatic rings. The van der Waals surface area contributed by atoms with Gasteiger partial charge in [0.2, 0.25) is 0 Å². The Kier molecular flexibility index (Phi) is 5.61. The van der Waals surface area contributed by atoms with Gasteiger partial charge in [-0.15, -0.1) is 0 Å². The Morgan fingerprint density at radius 3 is 2.55 bits per heavy atom. The third-order valence-corrected chi connectivity index (χ3v) is 3.02. The maximum absolute atomic E-state index is 12.8. The minimum absolute atomic E-state index is 0.0395. The number of benzene rings is 1. The van der Waals surface area contributed by atoms with Crippen molar-refractivity contribution in [1.29, 1.82) is 0 Å². The summed E-state index contributed by atoms with van der Waals surface area (Å²) in [5.41, 5.74) is 1.72. The number of alkyl halides is 1. The van der Waals surface area contributed by atoms with E-state index in [0.717, 1.165) is 5.56 Å². The van der Waals surface area contributed by atoms with E-state index in [1.165, 1.54) is 6.08 Å². The van der Waals surface area contributed by atoms with E-state index in [4.69, 9.17) is 19.0 Å². The van der Waals surface area contributed by atoms with E-state index in [9.17, 15) is 9.18 Å². The largest absolute Gasteiger partial charge is 0.482 e. The maximum Gasteiger partial charge on any atom is 0.335 e. The fraction of sp³-hybridized carbons (Fsp3) is 0.357. The second-order valence-electron chi connectivity index (χ2n) is 4.62. The highest BCUT2D eigenvalue weighted by atomic mass is 20.0. The quantitative estimate of drug-likeness (QED) is 0.919. The number of carbonyl (C=O) groups is 1. The monoisotopic (exact) mass is 288 g/mol. The Bertz CT molecular complexity index is 512. The molecule has 1 N–H and O–H groups in total. The molecule has 1 unspecified atom stereocenters. The van der Waals surface area contributed by atoms with Gasteiger partial charge < -0.3 is 9.84 Å². The van der Waals surface area contributed by atoms with Crippen molar-refractivity contribution in [2.24, 2.45) is 0 Å². The van der Waals surface area contributed by atoms with Gasteiger partial charge in [0.15, 0.2) is 6.10 Å². The van der Waals surface area contributed by atoms with Gasteiger partial charge >= 0.3 is 5.97 Å². The first-order chi connectivity index (χ1) is 9.52. The van der Waals surface area contributed by atoms with Crippen LogP contribution in [0.2, 0.25) is 0 Å². The summed E-state index contributed by atoms with van der Waals surface area (Å²) >= 11 is 0. The second kappa shape index (κ2) is 6.98. The number of rotatable bonds is 3. The Balaban J connectivity index is 0.000000956. The average molecular weight is 288 g/mol. The highest BCUT2D eigenvalue weighted by Crippen LogP contribution is 2.32. The Morgan fingerprint density at radius 2 is 2.05 bits per heavy atom. The molecule has 0 amide bonds. The van der Waals surface area contributed by atoms with Crippen molar-refractivity contribution >= 4 is 12.0 Å². The first-order valence-corrected chi connectivity index (χ1v) is 5.98. The van der Waals surface area contributed by atoms with Crippen LogP contribution < -0.4 is 4.74 Å². The van der Waals surface area contributed by atoms with Crippen LogP contribution in [0.3, 0.4) is 0 Å². The number of carboxylic acid groups (broad SMARTS) is 1. The molecule has 20 heavy (non-hydrogen) atoms. The van der Waals surface area contributed by atoms with Crippen molar-refractivity contribution in [3.05, 3.63) is 34.9 Å². The van der Waals surface area contributed by atoms with Gasteiger partial charge in [0.25, 0.3) is 0 Å². The smallest absolute Gasteiger partial charge is 0.335 e. The molecule has 0 bridgehead atoms. The summed E-state index contributed by atoms with van der Waals surface area (Å²) in [5.74, 6) is -0.252. The van der Waals surface area contributed by atoms with Crippen LogP contribution in [0.1, 0.15) is 30.9 Å². The molecule has 1 aromatic carbocycles. The van der Waals surface area contributed by atoms with E-state index in [0.29, 0.717) is 17.2 Å². The van der Waals surface area contributed by atoms with Crippen LogP contribution in [-0.2, 0) is 4.79 Å². The summed E-state index contributed by atoms with van der Waals surface area (Å²) in [4.78, 5) is 11.0. The minimum Gasteiger partial charge on any atom is -0.482 e. The molecule has 110 valence electrons. The molecule has 1 heterocycles. The number of fused-ring (bicyclic) bond motifs is 1. The normalized spacial score (nSPS) is 16.5. The third-order valence-electron chi connectivity index (χ3n) is 3.02. The molecule has 0 saturated carbocycles. The van der Waals surface area contributed by atoms with Gasteiger partial charge in [-0.2, -0.15) is 0 Å². The summed E-state index contributed by atoms with van der Waals surface area (Å²) in [6, 6.07) is 5.58. The lowest BCUT2D eigenvalue weighted by Crippen LogP contribution is -2.29. The van der Waals surface area contributed by atoms with Crippen LogP contribution in [0.15, 0.2) is 23.8 Å². The maximum atomic E-state index is 12.8. The minimum atomic E-state index is -1.14. The van der Waals surface area contributed by atoms with Crippen molar-refractivity contribution in [3.8, 4) is 5.75 Å². The van der Waals surface area contributed by atoms with Gasteiger partial charge in [0, 0.05) is 14.7 Å². The summed E-state index contributed by atoms with van der Waals surface area (Å²) in [6.07, 6.45) is 0.465. The van der Waals surface area contributed by atoms with Crippen molar-refractivity contribution in [2.45, 2.75) is 25.9 Å². The highest BCUT2D eigenvalue weighted by molar-refractivity contribution is 5.94. The van der Waals surface area contributed by atoms with E-state index in [-0.39, 0.29) is 5.57 Å². The van der Waals surface area contributed by atoms with E-state index in [1.54, 1.807) is 0 Å². The molecule has 6 heteroatoms. The summed E-state index contributed by atoms with van der Waals surface area (Å²) in [5, 5.41) is 8.99. The molecule has 0 radical (unpaired) electrons. The van der Waals surface area contributed by atoms with Crippen molar-refractivity contribution < 1.29 is 28.2 Å². The molecule has 0 fully saturated rings. The van der Waals surface area contributed by atoms with Gasteiger partial charge in [-0.1, -0.05) is 26.0 Å². The molecular weight excluding hydrogens is 273 g/mol. The number of hydrogen-bond acceptors (Lipinski definition) is 2. The van der Waals surface area contributed by atoms with Crippen molar-refractivity contribution in [2.75, 3.05) is 6.67 Å². The van der Waals surface area contributed by atoms with Crippen LogP contribution in [0, 0.1) is 0 Å². The second-order valence-corrected chi connectivity index (χ2v) is 4.62. The first kappa shape index (κ1) is 16.1. The number of ether oxygens (including phenoxy) is 1. The van der Waals surface area contributed by atoms with E-state index in [2.05, 4.69) is 13.8 Å². The lowest BCUT2D eigenvalue weighted by Gasteiger charge is -2.24. The number of carboxylic acids is 1. The van der Waals surface area contributed by atoms with Crippen LogP contribution in [0.25, 0.3) is 6.08 Å². The lowest BCUT2D eigenvalue weighted by atomic mass is 9.97. The molecule has 1 aliphatic heterocycles. The molecule has 0 aliphatic carbocycles. The SMILES string of the molecule is CC(C)c1ccc2c(c1)OC(CF)C(C(=O)O)=C2.FF. The zero-order valence-electron chi connectivity index (χ0n) is 11.1. The fourth-order valence-electron chi connectivity index (χ4n) is 1.92. The van der Waals surface area contributed by atoms with Crippen molar-refractivity contribution in [1.82, 2.24) is 0 Å². The van der Waals surface area contributed by atoms with Crippen LogP contribution in [-0.4, -0.2) is 23.9 Å². The first-order valence-electron chi connectivity index (χ1n) is 5.98. The van der Waals surface area contributed by atoms with Crippen LogP contribution >= 0.6 is 0 Å². The molecule has 3 nitrogen and oxygen atoms in total. The van der Waals surface area contributed by atoms with E-state index >= 15 is 0 Å². The molecule has 0 spiro atoms. The lowest BCUT2D eigenvalue weighted by molar-refractivity contribution is -0.133. The van der Waals surface area contributed by atoms with Gasteiger partial charge in [-0.05, 0) is 23.6 Å². The summed E-state index contributed by atoms with van der Waals surface area (Å²) in [7, 11) is 0. The average Bonchev–Trinajstić information content (AvgIpc) is 2.47. The van der Waals surface area contributed by atoms with Crippen molar-refractivity contribution in [3.63, 3.8) is 0 Å². The predicted molar refractivity (Wildman–Crippen MR) is 68.8 cm³/mol. The van der Waals surface area contributed by atoms with Gasteiger partial charge in [0.05, 0.1) is 5.57 Å². The zero-order chi connectivity index (χ0) is 15.3. The predicted octanol–water partition coefficient (Wildman–Crippen LogP) is 3.85. The Labute approximate surface area is 114 Å². The summed E-state index contributed by atoms with van der Waals surface area (Å²) < 4.78 is 34.2. The number of aliphatic carboxylic acids is 1. The van der Waals surface area contributed by atoms with Crippen LogP contribution in [0.4, 0.5) is 13.5 Å². The fourth-order valence-corrected chi connectivity index (χ4v) is 1.92. The topological polar surface area (TPSA) is 46.5 Å². The molecule has 0 saturated heterocycles. The number of halogens is 3. The highest BCUT2D eigenvalue weighted by Gasteiger charge is 2.27. The van der Waals surface area contributed by atoms with E-state index in [1.807, 2.05) is 18.2 Å². The summed E-state index contributed by atoms with van der Waals surface area (Å²) in [6.45, 7) is 3.26. The Hall–Kier alpha value is -1.98. The zero-order valence-corrected chi connectivity index (χ0v) is 11.1. The third kappa shape index (κ3) is 3.31. The van der Waals surface area contributed by atoms with Gasteiger partial charge in [0.1, 0.15) is 12.4 Å². The molecule has 1 aliphatic rings. The van der Waals surface area contributed by atoms with Gasteiger partial charge in [-0.3, -0.25) is 0 Å². The molecular formula is C14H15F3O3. The Morgan fingerprint density at radius 1 is 1.40 bits per heavy atom. The molecule has 2 rings (SSSR count). The van der Waals surface area contributed by atoms with E-state index < -0.39 is 18.7 Å². The molecule has 0 aromatic heterocycles.